The van der Waals surface area contributed by atoms with Gasteiger partial charge in [0.25, 0.3) is 0 Å². The average molecular weight is 212 g/mol. The highest BCUT2D eigenvalue weighted by atomic mass is 19.1. The molecule has 3 heteroatoms. The van der Waals surface area contributed by atoms with E-state index >= 15 is 0 Å². The smallest absolute Gasteiger partial charge is 0.123 e. The van der Waals surface area contributed by atoms with Crippen molar-refractivity contribution in [1.29, 1.82) is 0 Å². The number of benzene rings is 1. The molecule has 1 aromatic carbocycles. The van der Waals surface area contributed by atoms with Gasteiger partial charge in [-0.25, -0.2) is 4.39 Å². The number of aliphatic hydroxyl groups excluding tert-OH is 2. The predicted molar refractivity (Wildman–Crippen MR) is 57.1 cm³/mol. The van der Waals surface area contributed by atoms with E-state index in [9.17, 15) is 4.39 Å². The van der Waals surface area contributed by atoms with E-state index in [4.69, 9.17) is 10.2 Å². The molecule has 15 heavy (non-hydrogen) atoms. The number of hydrogen-bond acceptors (Lipinski definition) is 2. The fraction of sp³-hybridized carbons (Fsp3) is 0.500. The van der Waals surface area contributed by atoms with E-state index in [1.54, 1.807) is 13.0 Å². The van der Waals surface area contributed by atoms with Crippen LogP contribution in [0.4, 0.5) is 4.39 Å². The third-order valence-corrected chi connectivity index (χ3v) is 2.69. The molecule has 0 saturated carbocycles. The molecule has 0 amide bonds. The Hall–Kier alpha value is -0.930. The zero-order valence-electron chi connectivity index (χ0n) is 9.13. The number of aryl methyl sites for hydroxylation is 1. The van der Waals surface area contributed by atoms with Gasteiger partial charge in [0.2, 0.25) is 0 Å². The molecule has 0 aromatic heterocycles. The molecule has 0 fully saturated rings. The van der Waals surface area contributed by atoms with Crippen LogP contribution in [0.1, 0.15) is 18.1 Å². The van der Waals surface area contributed by atoms with Gasteiger partial charge < -0.3 is 10.2 Å². The van der Waals surface area contributed by atoms with Crippen LogP contribution in [0.3, 0.4) is 0 Å². The van der Waals surface area contributed by atoms with E-state index in [2.05, 4.69) is 0 Å². The molecule has 0 aliphatic rings. The molecule has 84 valence electrons. The van der Waals surface area contributed by atoms with Crippen LogP contribution >= 0.6 is 0 Å². The highest BCUT2D eigenvalue weighted by Crippen LogP contribution is 2.23. The van der Waals surface area contributed by atoms with Gasteiger partial charge in [-0.05, 0) is 36.6 Å². The van der Waals surface area contributed by atoms with Crippen LogP contribution in [0, 0.1) is 18.2 Å². The average Bonchev–Trinajstić information content (AvgIpc) is 2.23. The molecule has 0 aliphatic carbocycles. The fourth-order valence-corrected chi connectivity index (χ4v) is 1.45. The molecule has 0 unspecified atom stereocenters. The van der Waals surface area contributed by atoms with Gasteiger partial charge in [-0.15, -0.1) is 0 Å². The van der Waals surface area contributed by atoms with E-state index in [1.807, 2.05) is 6.92 Å². The van der Waals surface area contributed by atoms with Crippen molar-refractivity contribution < 1.29 is 14.6 Å². The third-order valence-electron chi connectivity index (χ3n) is 2.69. The Balaban J connectivity index is 2.92. The van der Waals surface area contributed by atoms with E-state index in [0.717, 1.165) is 11.1 Å². The van der Waals surface area contributed by atoms with E-state index < -0.39 is 5.41 Å². The lowest BCUT2D eigenvalue weighted by molar-refractivity contribution is 0.0702. The molecule has 2 nitrogen and oxygen atoms in total. The van der Waals surface area contributed by atoms with E-state index in [-0.39, 0.29) is 19.0 Å². The minimum atomic E-state index is -0.585. The standard InChI is InChI=1S/C12H17FO2/c1-9-3-4-11(13)5-10(9)6-12(2,7-14)8-15/h3-5,14-15H,6-8H2,1-2H3. The normalized spacial score (nSPS) is 11.8. The van der Waals surface area contributed by atoms with Crippen LogP contribution in [0.15, 0.2) is 18.2 Å². The summed E-state index contributed by atoms with van der Waals surface area (Å²) in [6.45, 7) is 3.44. The molecule has 1 rings (SSSR count). The van der Waals surface area contributed by atoms with Crippen molar-refractivity contribution in [3.05, 3.63) is 35.1 Å². The zero-order valence-corrected chi connectivity index (χ0v) is 9.13. The summed E-state index contributed by atoms with van der Waals surface area (Å²) >= 11 is 0. The topological polar surface area (TPSA) is 40.5 Å². The van der Waals surface area contributed by atoms with Gasteiger partial charge >= 0.3 is 0 Å². The SMILES string of the molecule is Cc1ccc(F)cc1CC(C)(CO)CO. The first-order valence-corrected chi connectivity index (χ1v) is 4.97. The van der Waals surface area contributed by atoms with E-state index in [0.29, 0.717) is 6.42 Å². The van der Waals surface area contributed by atoms with Gasteiger partial charge in [-0.1, -0.05) is 13.0 Å². The molecule has 2 N–H and O–H groups in total. The summed E-state index contributed by atoms with van der Waals surface area (Å²) in [5.74, 6) is -0.283. The molecule has 0 atom stereocenters. The summed E-state index contributed by atoms with van der Waals surface area (Å²) in [6.07, 6.45) is 0.476. The second-order valence-electron chi connectivity index (χ2n) is 4.37. The van der Waals surface area contributed by atoms with Crippen molar-refractivity contribution >= 4 is 0 Å². The van der Waals surface area contributed by atoms with Crippen molar-refractivity contribution in [1.82, 2.24) is 0 Å². The predicted octanol–water partition coefficient (Wildman–Crippen LogP) is 1.67. The summed E-state index contributed by atoms with van der Waals surface area (Å²) in [6, 6.07) is 4.58. The summed E-state index contributed by atoms with van der Waals surface area (Å²) < 4.78 is 13.0. The van der Waals surface area contributed by atoms with Gasteiger partial charge in [0, 0.05) is 5.41 Å². The monoisotopic (exact) mass is 212 g/mol. The van der Waals surface area contributed by atoms with Gasteiger partial charge in [0.1, 0.15) is 5.82 Å². The van der Waals surface area contributed by atoms with Crippen LogP contribution < -0.4 is 0 Å². The Morgan fingerprint density at radius 1 is 1.27 bits per heavy atom. The number of aliphatic hydroxyl groups is 2. The van der Waals surface area contributed by atoms with Crippen molar-refractivity contribution in [2.24, 2.45) is 5.41 Å². The summed E-state index contributed by atoms with van der Waals surface area (Å²) in [7, 11) is 0. The minimum absolute atomic E-state index is 0.112. The van der Waals surface area contributed by atoms with Gasteiger partial charge in [-0.3, -0.25) is 0 Å². The van der Waals surface area contributed by atoms with Crippen molar-refractivity contribution in [2.45, 2.75) is 20.3 Å². The quantitative estimate of drug-likeness (QED) is 0.797. The Morgan fingerprint density at radius 3 is 2.40 bits per heavy atom. The first-order valence-electron chi connectivity index (χ1n) is 4.97. The Labute approximate surface area is 89.4 Å². The van der Waals surface area contributed by atoms with E-state index in [1.165, 1.54) is 12.1 Å². The second kappa shape index (κ2) is 4.73. The van der Waals surface area contributed by atoms with Crippen LogP contribution in [0.5, 0.6) is 0 Å². The Kier molecular flexibility index (Phi) is 3.83. The summed E-state index contributed by atoms with van der Waals surface area (Å²) in [4.78, 5) is 0. The maximum Gasteiger partial charge on any atom is 0.123 e. The lowest BCUT2D eigenvalue weighted by Gasteiger charge is -2.25. The highest BCUT2D eigenvalue weighted by molar-refractivity contribution is 5.27. The van der Waals surface area contributed by atoms with Crippen LogP contribution in [-0.4, -0.2) is 23.4 Å². The Morgan fingerprint density at radius 2 is 1.87 bits per heavy atom. The molecule has 0 aliphatic heterocycles. The molecule has 1 aromatic rings. The number of hydrogen-bond donors (Lipinski definition) is 2. The summed E-state index contributed by atoms with van der Waals surface area (Å²) in [5, 5.41) is 18.3. The number of halogens is 1. The highest BCUT2D eigenvalue weighted by Gasteiger charge is 2.23. The van der Waals surface area contributed by atoms with Crippen LogP contribution in [-0.2, 0) is 6.42 Å². The van der Waals surface area contributed by atoms with Gasteiger partial charge in [-0.2, -0.15) is 0 Å². The third kappa shape index (κ3) is 3.01. The largest absolute Gasteiger partial charge is 0.396 e. The fourth-order valence-electron chi connectivity index (χ4n) is 1.45. The van der Waals surface area contributed by atoms with Crippen LogP contribution in [0.25, 0.3) is 0 Å². The Bertz CT molecular complexity index is 332. The maximum absolute atomic E-state index is 13.0. The van der Waals surface area contributed by atoms with Gasteiger partial charge in [0.15, 0.2) is 0 Å². The van der Waals surface area contributed by atoms with Crippen LogP contribution in [0.2, 0.25) is 0 Å². The number of rotatable bonds is 4. The minimum Gasteiger partial charge on any atom is -0.396 e. The van der Waals surface area contributed by atoms with Crippen molar-refractivity contribution in [2.75, 3.05) is 13.2 Å². The lowest BCUT2D eigenvalue weighted by atomic mass is 9.84. The summed E-state index contributed by atoms with van der Waals surface area (Å²) in [5.41, 5.74) is 1.23. The maximum atomic E-state index is 13.0. The first-order chi connectivity index (χ1) is 7.00. The molecular formula is C12H17FO2. The van der Waals surface area contributed by atoms with Crippen molar-refractivity contribution in [3.8, 4) is 0 Å². The van der Waals surface area contributed by atoms with Gasteiger partial charge in [0.05, 0.1) is 13.2 Å². The zero-order chi connectivity index (χ0) is 11.5. The molecule has 0 bridgehead atoms. The lowest BCUT2D eigenvalue weighted by Crippen LogP contribution is -2.28. The first kappa shape index (κ1) is 12.1. The molecule has 0 radical (unpaired) electrons. The molecule has 0 spiro atoms. The molecular weight excluding hydrogens is 195 g/mol. The van der Waals surface area contributed by atoms with Crippen molar-refractivity contribution in [3.63, 3.8) is 0 Å². The molecule has 0 heterocycles. The molecule has 0 saturated heterocycles. The second-order valence-corrected chi connectivity index (χ2v) is 4.37.